The summed E-state index contributed by atoms with van der Waals surface area (Å²) in [5.74, 6) is 0.875. The molecule has 6 heteroatoms. The molecule has 2 atom stereocenters. The van der Waals surface area contributed by atoms with E-state index in [9.17, 15) is 9.18 Å². The van der Waals surface area contributed by atoms with Gasteiger partial charge in [-0.05, 0) is 61.2 Å². The van der Waals surface area contributed by atoms with Crippen LogP contribution in [0.2, 0.25) is 0 Å². The molecule has 2 bridgehead atoms. The third-order valence-corrected chi connectivity index (χ3v) is 5.86. The van der Waals surface area contributed by atoms with Crippen molar-refractivity contribution in [3.8, 4) is 17.6 Å². The minimum absolute atomic E-state index is 0.0193. The molecule has 0 spiro atoms. The number of rotatable bonds is 2. The molecule has 5 nitrogen and oxygen atoms in total. The van der Waals surface area contributed by atoms with E-state index in [1.807, 2.05) is 11.0 Å². The van der Waals surface area contributed by atoms with Crippen molar-refractivity contribution in [2.24, 2.45) is 0 Å². The molecule has 29 heavy (non-hydrogen) atoms. The summed E-state index contributed by atoms with van der Waals surface area (Å²) in [7, 11) is 0. The summed E-state index contributed by atoms with van der Waals surface area (Å²) in [6, 6.07) is 11.7. The summed E-state index contributed by atoms with van der Waals surface area (Å²) in [6.45, 7) is 0.979. The quantitative estimate of drug-likeness (QED) is 0.780. The number of hydrogen-bond acceptors (Lipinski definition) is 4. The topological polar surface area (TPSA) is 62.6 Å². The minimum Gasteiger partial charge on any atom is -0.486 e. The number of amides is 1. The van der Waals surface area contributed by atoms with Crippen LogP contribution in [0.1, 0.15) is 40.7 Å². The monoisotopic (exact) mass is 390 g/mol. The fourth-order valence-electron chi connectivity index (χ4n) is 4.51. The molecule has 3 aliphatic rings. The predicted molar refractivity (Wildman–Crippen MR) is 104 cm³/mol. The Balaban J connectivity index is 1.44. The number of hydrogen-bond donors (Lipinski definition) is 0. The van der Waals surface area contributed by atoms with Crippen molar-refractivity contribution >= 4 is 11.5 Å². The van der Waals surface area contributed by atoms with E-state index >= 15 is 0 Å². The van der Waals surface area contributed by atoms with Crippen molar-refractivity contribution in [2.75, 3.05) is 13.2 Å². The molecule has 0 radical (unpaired) electrons. The van der Waals surface area contributed by atoms with E-state index in [1.165, 1.54) is 12.1 Å². The van der Waals surface area contributed by atoms with Crippen LogP contribution in [-0.4, -0.2) is 36.1 Å². The molecule has 0 N–H and O–H groups in total. The Hall–Kier alpha value is -3.33. The Morgan fingerprint density at radius 1 is 1.10 bits per heavy atom. The molecular formula is C23H19FN2O3. The number of nitriles is 1. The van der Waals surface area contributed by atoms with Crippen LogP contribution in [0.4, 0.5) is 4.39 Å². The lowest BCUT2D eigenvalue weighted by molar-refractivity contribution is 0.0691. The number of ether oxygens (including phenoxy) is 2. The van der Waals surface area contributed by atoms with Gasteiger partial charge in [-0.2, -0.15) is 5.26 Å². The van der Waals surface area contributed by atoms with Crippen LogP contribution in [0, 0.1) is 17.1 Å². The van der Waals surface area contributed by atoms with Crippen molar-refractivity contribution in [1.82, 2.24) is 4.90 Å². The van der Waals surface area contributed by atoms with E-state index in [1.54, 1.807) is 24.3 Å². The molecule has 3 heterocycles. The van der Waals surface area contributed by atoms with Crippen LogP contribution in [0.15, 0.2) is 42.5 Å². The average molecular weight is 390 g/mol. The van der Waals surface area contributed by atoms with Crippen LogP contribution >= 0.6 is 0 Å². The molecule has 0 aromatic heterocycles. The highest BCUT2D eigenvalue weighted by Crippen LogP contribution is 2.41. The van der Waals surface area contributed by atoms with Gasteiger partial charge in [0.05, 0.1) is 17.7 Å². The van der Waals surface area contributed by atoms with Crippen molar-refractivity contribution in [1.29, 1.82) is 5.26 Å². The molecule has 2 unspecified atom stereocenters. The fourth-order valence-corrected chi connectivity index (χ4v) is 4.51. The van der Waals surface area contributed by atoms with Crippen LogP contribution in [0.25, 0.3) is 5.57 Å². The van der Waals surface area contributed by atoms with Gasteiger partial charge in [0.2, 0.25) is 0 Å². The third kappa shape index (κ3) is 3.03. The molecule has 146 valence electrons. The SMILES string of the molecule is N#Cc1ccc(F)c(C2=CC3CCC(C2)N3C(=O)c2ccc3c(c2)OCCO3)c1. The Morgan fingerprint density at radius 2 is 1.93 bits per heavy atom. The van der Waals surface area contributed by atoms with E-state index in [4.69, 9.17) is 14.7 Å². The van der Waals surface area contributed by atoms with E-state index in [-0.39, 0.29) is 23.8 Å². The largest absolute Gasteiger partial charge is 0.486 e. The van der Waals surface area contributed by atoms with Gasteiger partial charge in [0, 0.05) is 17.2 Å². The summed E-state index contributed by atoms with van der Waals surface area (Å²) in [6.07, 6.45) is 4.29. The zero-order chi connectivity index (χ0) is 20.0. The van der Waals surface area contributed by atoms with Crippen molar-refractivity contribution in [3.05, 3.63) is 65.0 Å². The first-order chi connectivity index (χ1) is 14.1. The first-order valence-corrected chi connectivity index (χ1v) is 9.77. The first-order valence-electron chi connectivity index (χ1n) is 9.77. The van der Waals surface area contributed by atoms with Crippen LogP contribution in [-0.2, 0) is 0 Å². The highest BCUT2D eigenvalue weighted by Gasteiger charge is 2.40. The van der Waals surface area contributed by atoms with Gasteiger partial charge in [0.15, 0.2) is 11.5 Å². The molecule has 1 saturated heterocycles. The van der Waals surface area contributed by atoms with Crippen molar-refractivity contribution in [2.45, 2.75) is 31.3 Å². The molecular weight excluding hydrogens is 371 g/mol. The third-order valence-electron chi connectivity index (χ3n) is 5.86. The maximum Gasteiger partial charge on any atom is 0.254 e. The Morgan fingerprint density at radius 3 is 2.72 bits per heavy atom. The molecule has 0 saturated carbocycles. The van der Waals surface area contributed by atoms with Gasteiger partial charge in [-0.15, -0.1) is 0 Å². The minimum atomic E-state index is -0.332. The predicted octanol–water partition coefficient (Wildman–Crippen LogP) is 3.93. The van der Waals surface area contributed by atoms with Crippen molar-refractivity contribution in [3.63, 3.8) is 0 Å². The number of nitrogens with zero attached hydrogens (tertiary/aromatic N) is 2. The summed E-state index contributed by atoms with van der Waals surface area (Å²) in [5.41, 5.74) is 2.34. The zero-order valence-corrected chi connectivity index (χ0v) is 15.7. The molecule has 2 aromatic rings. The molecule has 1 fully saturated rings. The Kier molecular flexibility index (Phi) is 4.24. The second kappa shape index (κ2) is 6.93. The Labute approximate surface area is 168 Å². The van der Waals surface area contributed by atoms with Gasteiger partial charge in [-0.1, -0.05) is 6.08 Å². The summed E-state index contributed by atoms with van der Waals surface area (Å²) in [5, 5.41) is 9.13. The smallest absolute Gasteiger partial charge is 0.254 e. The van der Waals surface area contributed by atoms with Crippen molar-refractivity contribution < 1.29 is 18.7 Å². The molecule has 2 aromatic carbocycles. The fraction of sp³-hybridized carbons (Fsp3) is 0.304. The number of benzene rings is 2. The molecule has 1 amide bonds. The number of carbonyl (C=O) groups is 1. The summed E-state index contributed by atoms with van der Waals surface area (Å²) < 4.78 is 25.5. The normalized spacial score (nSPS) is 22.1. The van der Waals surface area contributed by atoms with Gasteiger partial charge >= 0.3 is 0 Å². The maximum absolute atomic E-state index is 14.4. The van der Waals surface area contributed by atoms with E-state index in [0.717, 1.165) is 18.4 Å². The maximum atomic E-state index is 14.4. The standard InChI is InChI=1S/C23H19FN2O3/c24-20-5-1-14(13-25)9-19(20)16-10-17-3-4-18(11-16)26(17)23(27)15-2-6-21-22(12-15)29-8-7-28-21/h1-2,5-6,9-10,12,17-18H,3-4,7-8,11H2. The van der Waals surface area contributed by atoms with Crippen LogP contribution in [0.5, 0.6) is 11.5 Å². The highest BCUT2D eigenvalue weighted by atomic mass is 19.1. The van der Waals surface area contributed by atoms with E-state index in [0.29, 0.717) is 47.8 Å². The first kappa shape index (κ1) is 17.7. The van der Waals surface area contributed by atoms with Gasteiger partial charge in [0.1, 0.15) is 19.0 Å². The second-order valence-electron chi connectivity index (χ2n) is 7.57. The number of halogens is 1. The molecule has 3 aliphatic heterocycles. The van der Waals surface area contributed by atoms with Gasteiger partial charge in [0.25, 0.3) is 5.91 Å². The summed E-state index contributed by atoms with van der Waals surface area (Å²) in [4.78, 5) is 15.1. The molecule has 0 aliphatic carbocycles. The van der Waals surface area contributed by atoms with E-state index < -0.39 is 0 Å². The molecule has 5 rings (SSSR count). The lowest BCUT2D eigenvalue weighted by Crippen LogP contribution is -2.43. The lowest BCUT2D eigenvalue weighted by Gasteiger charge is -2.34. The number of carbonyl (C=O) groups excluding carboxylic acids is 1. The second-order valence-corrected chi connectivity index (χ2v) is 7.57. The Bertz CT molecular complexity index is 1070. The van der Waals surface area contributed by atoms with Gasteiger partial charge in [-0.3, -0.25) is 4.79 Å². The highest BCUT2D eigenvalue weighted by molar-refractivity contribution is 5.96. The average Bonchev–Trinajstić information content (AvgIpc) is 3.02. The van der Waals surface area contributed by atoms with Gasteiger partial charge in [-0.25, -0.2) is 4.39 Å². The zero-order valence-electron chi connectivity index (χ0n) is 15.7. The lowest BCUT2D eigenvalue weighted by atomic mass is 9.93. The number of fused-ring (bicyclic) bond motifs is 3. The van der Waals surface area contributed by atoms with E-state index in [2.05, 4.69) is 6.07 Å². The van der Waals surface area contributed by atoms with Crippen LogP contribution < -0.4 is 9.47 Å². The van der Waals surface area contributed by atoms with Gasteiger partial charge < -0.3 is 14.4 Å². The van der Waals surface area contributed by atoms with Crippen LogP contribution in [0.3, 0.4) is 0 Å². The summed E-state index contributed by atoms with van der Waals surface area (Å²) >= 11 is 0.